The van der Waals surface area contributed by atoms with Crippen LogP contribution in [0, 0.1) is 5.92 Å². The summed E-state index contributed by atoms with van der Waals surface area (Å²) in [5.41, 5.74) is 1.72. The summed E-state index contributed by atoms with van der Waals surface area (Å²) in [5.74, 6) is 2.03. The topological polar surface area (TPSA) is 50.8 Å². The molecule has 1 heterocycles. The van der Waals surface area contributed by atoms with Gasteiger partial charge in [0.05, 0.1) is 19.1 Å². The van der Waals surface area contributed by atoms with Crippen LogP contribution in [0.2, 0.25) is 0 Å². The molecule has 2 fully saturated rings. The normalized spacial score (nSPS) is 25.0. The number of hydrogen-bond acceptors (Lipinski definition) is 5. The van der Waals surface area contributed by atoms with Gasteiger partial charge in [-0.1, -0.05) is 49.7 Å². The van der Waals surface area contributed by atoms with Crippen molar-refractivity contribution in [3.63, 3.8) is 0 Å². The zero-order valence-electron chi connectivity index (χ0n) is 18.3. The molecule has 3 atom stereocenters. The first-order chi connectivity index (χ1) is 15.1. The van der Waals surface area contributed by atoms with E-state index in [9.17, 15) is 4.79 Å². The summed E-state index contributed by atoms with van der Waals surface area (Å²) in [7, 11) is 3.28. The SMILES string of the molecule is COc1ccc(OC)c(/C=C2\SC(Nc3ccccc3)N([C@@H]3CCCC[C@@H]3C)C2=O)c1. The van der Waals surface area contributed by atoms with Gasteiger partial charge in [0.15, 0.2) is 5.50 Å². The third-order valence-corrected chi connectivity index (χ3v) is 7.26. The lowest BCUT2D eigenvalue weighted by Crippen LogP contribution is -2.48. The van der Waals surface area contributed by atoms with Gasteiger partial charge in [-0.15, -0.1) is 0 Å². The number of nitrogens with one attached hydrogen (secondary N) is 1. The lowest BCUT2D eigenvalue weighted by Gasteiger charge is -2.39. The van der Waals surface area contributed by atoms with Crippen molar-refractivity contribution in [2.75, 3.05) is 19.5 Å². The Morgan fingerprint density at radius 3 is 2.55 bits per heavy atom. The molecule has 1 N–H and O–H groups in total. The molecular formula is C25H30N2O3S. The second-order valence-electron chi connectivity index (χ2n) is 8.14. The highest BCUT2D eigenvalue weighted by Gasteiger charge is 2.43. The Morgan fingerprint density at radius 2 is 1.84 bits per heavy atom. The first-order valence-electron chi connectivity index (χ1n) is 10.9. The molecule has 164 valence electrons. The zero-order chi connectivity index (χ0) is 21.8. The van der Waals surface area contributed by atoms with Crippen LogP contribution >= 0.6 is 11.8 Å². The maximum absolute atomic E-state index is 13.6. The van der Waals surface area contributed by atoms with Gasteiger partial charge >= 0.3 is 0 Å². The van der Waals surface area contributed by atoms with Crippen molar-refractivity contribution in [2.45, 2.75) is 44.1 Å². The first-order valence-corrected chi connectivity index (χ1v) is 11.7. The molecule has 5 nitrogen and oxygen atoms in total. The highest BCUT2D eigenvalue weighted by Crippen LogP contribution is 2.43. The first kappa shape index (κ1) is 21.6. The van der Waals surface area contributed by atoms with Crippen LogP contribution in [0.4, 0.5) is 5.69 Å². The van der Waals surface area contributed by atoms with E-state index in [-0.39, 0.29) is 17.4 Å². The van der Waals surface area contributed by atoms with E-state index >= 15 is 0 Å². The maximum atomic E-state index is 13.6. The lowest BCUT2D eigenvalue weighted by atomic mass is 9.85. The molecule has 1 saturated carbocycles. The number of carbonyl (C=O) groups is 1. The fourth-order valence-corrected chi connectivity index (χ4v) is 5.66. The predicted octanol–water partition coefficient (Wildman–Crippen LogP) is 5.59. The number of hydrogen-bond donors (Lipinski definition) is 1. The fourth-order valence-electron chi connectivity index (χ4n) is 4.46. The van der Waals surface area contributed by atoms with Crippen molar-refractivity contribution >= 4 is 29.4 Å². The van der Waals surface area contributed by atoms with Crippen molar-refractivity contribution < 1.29 is 14.3 Å². The van der Waals surface area contributed by atoms with E-state index in [1.807, 2.05) is 54.6 Å². The molecule has 1 aliphatic carbocycles. The molecule has 2 aromatic carbocycles. The minimum Gasteiger partial charge on any atom is -0.497 e. The number of ether oxygens (including phenoxy) is 2. The molecule has 0 radical (unpaired) electrons. The van der Waals surface area contributed by atoms with E-state index in [4.69, 9.17) is 9.47 Å². The molecule has 1 amide bonds. The van der Waals surface area contributed by atoms with E-state index in [0.29, 0.717) is 5.92 Å². The molecule has 2 aliphatic rings. The predicted molar refractivity (Wildman–Crippen MR) is 127 cm³/mol. The number of thioether (sulfide) groups is 1. The van der Waals surface area contributed by atoms with E-state index in [0.717, 1.165) is 34.1 Å². The summed E-state index contributed by atoms with van der Waals surface area (Å²) in [6.45, 7) is 2.27. The largest absolute Gasteiger partial charge is 0.497 e. The highest BCUT2D eigenvalue weighted by atomic mass is 32.2. The molecule has 1 saturated heterocycles. The third-order valence-electron chi connectivity index (χ3n) is 6.15. The van der Waals surface area contributed by atoms with Crippen molar-refractivity contribution in [3.05, 3.63) is 59.0 Å². The number of rotatable bonds is 6. The molecule has 2 aromatic rings. The van der Waals surface area contributed by atoms with Gasteiger partial charge in [-0.05, 0) is 55.2 Å². The Bertz CT molecular complexity index is 947. The highest BCUT2D eigenvalue weighted by molar-refractivity contribution is 8.05. The minimum atomic E-state index is -0.136. The summed E-state index contributed by atoms with van der Waals surface area (Å²) in [5, 5.41) is 3.58. The zero-order valence-corrected chi connectivity index (χ0v) is 19.2. The third kappa shape index (κ3) is 4.69. The Kier molecular flexibility index (Phi) is 6.76. The Labute approximate surface area is 188 Å². The van der Waals surface area contributed by atoms with Crippen molar-refractivity contribution in [2.24, 2.45) is 5.92 Å². The average Bonchev–Trinajstić information content (AvgIpc) is 3.09. The number of anilines is 1. The van der Waals surface area contributed by atoms with Crippen LogP contribution in [0.1, 0.15) is 38.2 Å². The van der Waals surface area contributed by atoms with E-state index in [1.165, 1.54) is 19.3 Å². The van der Waals surface area contributed by atoms with Crippen molar-refractivity contribution in [1.29, 1.82) is 0 Å². The van der Waals surface area contributed by atoms with Gasteiger partial charge in [0.1, 0.15) is 11.5 Å². The van der Waals surface area contributed by atoms with Crippen molar-refractivity contribution in [3.8, 4) is 11.5 Å². The second-order valence-corrected chi connectivity index (χ2v) is 9.26. The number of methoxy groups -OCH3 is 2. The Hall–Kier alpha value is -2.60. The lowest BCUT2D eigenvalue weighted by molar-refractivity contribution is -0.129. The van der Waals surface area contributed by atoms with Gasteiger partial charge in [0.2, 0.25) is 0 Å². The monoisotopic (exact) mass is 438 g/mol. The smallest absolute Gasteiger partial charge is 0.262 e. The molecule has 0 spiro atoms. The quantitative estimate of drug-likeness (QED) is 0.596. The number of nitrogens with zero attached hydrogens (tertiary/aromatic N) is 1. The molecule has 4 rings (SSSR count). The van der Waals surface area contributed by atoms with Crippen LogP contribution in [0.25, 0.3) is 6.08 Å². The van der Waals surface area contributed by atoms with E-state index in [1.54, 1.807) is 26.0 Å². The number of amides is 1. The number of para-hydroxylation sites is 1. The van der Waals surface area contributed by atoms with Crippen molar-refractivity contribution in [1.82, 2.24) is 4.90 Å². The van der Waals surface area contributed by atoms with Gasteiger partial charge in [0.25, 0.3) is 5.91 Å². The minimum absolute atomic E-state index is 0.0852. The van der Waals surface area contributed by atoms with Gasteiger partial charge in [-0.25, -0.2) is 0 Å². The maximum Gasteiger partial charge on any atom is 0.262 e. The van der Waals surface area contributed by atoms with Gasteiger partial charge in [0, 0.05) is 17.3 Å². The van der Waals surface area contributed by atoms with Gasteiger partial charge in [-0.3, -0.25) is 4.79 Å². The van der Waals surface area contributed by atoms with Crippen LogP contribution in [0.15, 0.2) is 53.4 Å². The molecule has 0 bridgehead atoms. The molecule has 1 unspecified atom stereocenters. The Morgan fingerprint density at radius 1 is 1.06 bits per heavy atom. The Balaban J connectivity index is 1.68. The fraction of sp³-hybridized carbons (Fsp3) is 0.400. The molecule has 1 aliphatic heterocycles. The van der Waals surface area contributed by atoms with Gasteiger partial charge < -0.3 is 19.7 Å². The summed E-state index contributed by atoms with van der Waals surface area (Å²) in [6.07, 6.45) is 6.56. The number of benzene rings is 2. The van der Waals surface area contributed by atoms with E-state index < -0.39 is 0 Å². The van der Waals surface area contributed by atoms with Crippen LogP contribution in [0.5, 0.6) is 11.5 Å². The molecule has 6 heteroatoms. The van der Waals surface area contributed by atoms with Crippen LogP contribution in [0.3, 0.4) is 0 Å². The molecule has 0 aromatic heterocycles. The van der Waals surface area contributed by atoms with Crippen LogP contribution in [-0.2, 0) is 4.79 Å². The van der Waals surface area contributed by atoms with Gasteiger partial charge in [-0.2, -0.15) is 0 Å². The average molecular weight is 439 g/mol. The summed E-state index contributed by atoms with van der Waals surface area (Å²) in [6, 6.07) is 16.0. The molecular weight excluding hydrogens is 408 g/mol. The number of carbonyl (C=O) groups excluding carboxylic acids is 1. The second kappa shape index (κ2) is 9.69. The molecule has 31 heavy (non-hydrogen) atoms. The van der Waals surface area contributed by atoms with Crippen LogP contribution in [-0.4, -0.2) is 36.6 Å². The van der Waals surface area contributed by atoms with Crippen LogP contribution < -0.4 is 14.8 Å². The van der Waals surface area contributed by atoms with E-state index in [2.05, 4.69) is 17.1 Å². The summed E-state index contributed by atoms with van der Waals surface area (Å²) < 4.78 is 10.9. The standard InChI is InChI=1S/C25H30N2O3S/c1-17-9-7-8-12-21(17)27-24(28)23(31-25(27)26-19-10-5-4-6-11-19)16-18-15-20(29-2)13-14-22(18)30-3/h4-6,10-11,13-17,21,25-26H,7-9,12H2,1-3H3/b23-16-/t17-,21+,25?/m0/s1. The summed E-state index contributed by atoms with van der Waals surface area (Å²) >= 11 is 1.57. The summed E-state index contributed by atoms with van der Waals surface area (Å²) in [4.78, 5) is 16.4.